The number of amides is 1. The number of nitrogens with zero attached hydrogens (tertiary/aromatic N) is 2. The van der Waals surface area contributed by atoms with Crippen LogP contribution in [0, 0.1) is 0 Å². The molecule has 0 radical (unpaired) electrons. The number of thiazole rings is 1. The van der Waals surface area contributed by atoms with E-state index in [1.165, 1.54) is 0 Å². The molecule has 1 N–H and O–H groups in total. The average Bonchev–Trinajstić information content (AvgIpc) is 3.11. The number of carbonyl (C=O) groups is 1. The molecule has 0 atom stereocenters. The third-order valence-electron chi connectivity index (χ3n) is 3.48. The van der Waals surface area contributed by atoms with E-state index in [0.717, 1.165) is 16.3 Å². The maximum atomic E-state index is 12.1. The first-order chi connectivity index (χ1) is 11.8. The largest absolute Gasteiger partial charge is 0.497 e. The van der Waals surface area contributed by atoms with E-state index in [4.69, 9.17) is 4.74 Å². The van der Waals surface area contributed by atoms with Crippen LogP contribution in [0.15, 0.2) is 54.2 Å². The van der Waals surface area contributed by atoms with Crippen LogP contribution in [0.1, 0.15) is 16.1 Å². The van der Waals surface area contributed by atoms with Crippen molar-refractivity contribution in [2.24, 2.45) is 0 Å². The van der Waals surface area contributed by atoms with Crippen molar-refractivity contribution in [1.29, 1.82) is 0 Å². The van der Waals surface area contributed by atoms with E-state index >= 15 is 0 Å². The van der Waals surface area contributed by atoms with Crippen molar-refractivity contribution >= 4 is 17.2 Å². The first kappa shape index (κ1) is 16.1. The normalized spacial score (nSPS) is 10.4. The van der Waals surface area contributed by atoms with E-state index in [0.29, 0.717) is 24.3 Å². The maximum absolute atomic E-state index is 12.1. The summed E-state index contributed by atoms with van der Waals surface area (Å²) in [7, 11) is 1.58. The second kappa shape index (κ2) is 7.70. The van der Waals surface area contributed by atoms with Crippen molar-refractivity contribution in [3.8, 4) is 16.3 Å². The standard InChI is InChI=1S/C18H17N3O2S/c1-23-16-4-2-3-14(11-16)17(22)20-10-7-15-12-24-18(21-15)13-5-8-19-9-6-13/h2-6,8-9,11-12H,7,10H2,1H3,(H,20,22). The Labute approximate surface area is 144 Å². The maximum Gasteiger partial charge on any atom is 0.251 e. The van der Waals surface area contributed by atoms with Gasteiger partial charge < -0.3 is 10.1 Å². The van der Waals surface area contributed by atoms with Gasteiger partial charge in [-0.25, -0.2) is 4.98 Å². The molecular formula is C18H17N3O2S. The van der Waals surface area contributed by atoms with Crippen LogP contribution in [0.5, 0.6) is 5.75 Å². The van der Waals surface area contributed by atoms with Crippen molar-refractivity contribution in [3.63, 3.8) is 0 Å². The molecule has 0 bridgehead atoms. The van der Waals surface area contributed by atoms with Crippen LogP contribution >= 0.6 is 11.3 Å². The second-order valence-electron chi connectivity index (χ2n) is 5.12. The predicted molar refractivity (Wildman–Crippen MR) is 94.4 cm³/mol. The molecule has 0 unspecified atom stereocenters. The quantitative estimate of drug-likeness (QED) is 0.749. The van der Waals surface area contributed by atoms with Crippen molar-refractivity contribution < 1.29 is 9.53 Å². The molecule has 2 aromatic heterocycles. The molecule has 0 aliphatic carbocycles. The van der Waals surface area contributed by atoms with Crippen LogP contribution in [0.3, 0.4) is 0 Å². The number of aromatic nitrogens is 2. The molecule has 0 fully saturated rings. The third-order valence-corrected chi connectivity index (χ3v) is 4.42. The fraction of sp³-hybridized carbons (Fsp3) is 0.167. The molecule has 0 saturated carbocycles. The lowest BCUT2D eigenvalue weighted by Gasteiger charge is -2.05. The van der Waals surface area contributed by atoms with Crippen molar-refractivity contribution in [2.75, 3.05) is 13.7 Å². The van der Waals surface area contributed by atoms with E-state index in [2.05, 4.69) is 15.3 Å². The van der Waals surface area contributed by atoms with Gasteiger partial charge in [0.2, 0.25) is 0 Å². The van der Waals surface area contributed by atoms with Crippen molar-refractivity contribution in [1.82, 2.24) is 15.3 Å². The van der Waals surface area contributed by atoms with Crippen molar-refractivity contribution in [3.05, 3.63) is 65.4 Å². The molecule has 0 saturated heterocycles. The molecule has 0 aliphatic rings. The molecule has 1 aromatic carbocycles. The summed E-state index contributed by atoms with van der Waals surface area (Å²) in [5.74, 6) is 0.558. The minimum atomic E-state index is -0.113. The molecule has 6 heteroatoms. The number of rotatable bonds is 6. The summed E-state index contributed by atoms with van der Waals surface area (Å²) in [6.45, 7) is 0.537. The Morgan fingerprint density at radius 3 is 2.88 bits per heavy atom. The van der Waals surface area contributed by atoms with E-state index in [1.807, 2.05) is 23.6 Å². The first-order valence-electron chi connectivity index (χ1n) is 7.53. The smallest absolute Gasteiger partial charge is 0.251 e. The van der Waals surface area contributed by atoms with Gasteiger partial charge in [-0.3, -0.25) is 9.78 Å². The summed E-state index contributed by atoms with van der Waals surface area (Å²) in [6, 6.07) is 11.0. The zero-order valence-corrected chi connectivity index (χ0v) is 14.0. The molecular weight excluding hydrogens is 322 g/mol. The summed E-state index contributed by atoms with van der Waals surface area (Å²) < 4.78 is 5.13. The number of nitrogens with one attached hydrogen (secondary N) is 1. The third kappa shape index (κ3) is 3.97. The van der Waals surface area contributed by atoms with Gasteiger partial charge in [0.1, 0.15) is 10.8 Å². The molecule has 3 rings (SSSR count). The minimum absolute atomic E-state index is 0.113. The highest BCUT2D eigenvalue weighted by Gasteiger charge is 2.08. The zero-order valence-electron chi connectivity index (χ0n) is 13.2. The Hall–Kier alpha value is -2.73. The second-order valence-corrected chi connectivity index (χ2v) is 5.98. The zero-order chi connectivity index (χ0) is 16.8. The molecule has 2 heterocycles. The number of pyridine rings is 1. The van der Waals surface area contributed by atoms with Crippen LogP contribution in [0.25, 0.3) is 10.6 Å². The Kier molecular flexibility index (Phi) is 5.18. The van der Waals surface area contributed by atoms with Gasteiger partial charge in [-0.15, -0.1) is 11.3 Å². The van der Waals surface area contributed by atoms with Gasteiger partial charge in [-0.1, -0.05) is 6.07 Å². The number of benzene rings is 1. The van der Waals surface area contributed by atoms with Crippen LogP contribution in [0.2, 0.25) is 0 Å². The van der Waals surface area contributed by atoms with Gasteiger partial charge in [0.05, 0.1) is 12.8 Å². The molecule has 122 valence electrons. The topological polar surface area (TPSA) is 64.1 Å². The van der Waals surface area contributed by atoms with Crippen molar-refractivity contribution in [2.45, 2.75) is 6.42 Å². The molecule has 0 spiro atoms. The Bertz CT molecular complexity index is 818. The van der Waals surface area contributed by atoms with Gasteiger partial charge in [-0.05, 0) is 30.3 Å². The fourth-order valence-corrected chi connectivity index (χ4v) is 3.08. The summed E-state index contributed by atoms with van der Waals surface area (Å²) in [5.41, 5.74) is 2.62. The van der Waals surface area contributed by atoms with Gasteiger partial charge in [0.25, 0.3) is 5.91 Å². The van der Waals surface area contributed by atoms with Gasteiger partial charge >= 0.3 is 0 Å². The average molecular weight is 339 g/mol. The lowest BCUT2D eigenvalue weighted by molar-refractivity contribution is 0.0953. The summed E-state index contributed by atoms with van der Waals surface area (Å²) in [4.78, 5) is 20.7. The summed E-state index contributed by atoms with van der Waals surface area (Å²) in [5, 5.41) is 5.89. The number of hydrogen-bond donors (Lipinski definition) is 1. The van der Waals surface area contributed by atoms with Gasteiger partial charge in [0.15, 0.2) is 0 Å². The summed E-state index contributed by atoms with van der Waals surface area (Å²) in [6.07, 6.45) is 4.20. The van der Waals surface area contributed by atoms with Gasteiger partial charge in [-0.2, -0.15) is 0 Å². The Morgan fingerprint density at radius 1 is 1.25 bits per heavy atom. The number of hydrogen-bond acceptors (Lipinski definition) is 5. The molecule has 1 amide bonds. The molecule has 24 heavy (non-hydrogen) atoms. The molecule has 5 nitrogen and oxygen atoms in total. The van der Waals surface area contributed by atoms with Crippen LogP contribution in [0.4, 0.5) is 0 Å². The molecule has 0 aliphatic heterocycles. The van der Waals surface area contributed by atoms with Crippen LogP contribution < -0.4 is 10.1 Å². The highest BCUT2D eigenvalue weighted by molar-refractivity contribution is 7.13. The lowest BCUT2D eigenvalue weighted by atomic mass is 10.2. The minimum Gasteiger partial charge on any atom is -0.497 e. The fourth-order valence-electron chi connectivity index (χ4n) is 2.22. The van der Waals surface area contributed by atoms with Crippen LogP contribution in [-0.2, 0) is 6.42 Å². The first-order valence-corrected chi connectivity index (χ1v) is 8.41. The lowest BCUT2D eigenvalue weighted by Crippen LogP contribution is -2.25. The SMILES string of the molecule is COc1cccc(C(=O)NCCc2csc(-c3ccncc3)n2)c1. The van der Waals surface area contributed by atoms with E-state index in [1.54, 1.807) is 49.0 Å². The van der Waals surface area contributed by atoms with E-state index in [-0.39, 0.29) is 5.91 Å². The highest BCUT2D eigenvalue weighted by atomic mass is 32.1. The van der Waals surface area contributed by atoms with Crippen LogP contribution in [-0.4, -0.2) is 29.5 Å². The number of methoxy groups -OCH3 is 1. The molecule has 3 aromatic rings. The highest BCUT2D eigenvalue weighted by Crippen LogP contribution is 2.22. The Balaban J connectivity index is 1.55. The van der Waals surface area contributed by atoms with E-state index < -0.39 is 0 Å². The van der Waals surface area contributed by atoms with E-state index in [9.17, 15) is 4.79 Å². The summed E-state index contributed by atoms with van der Waals surface area (Å²) >= 11 is 1.59. The monoisotopic (exact) mass is 339 g/mol. The number of ether oxygens (including phenoxy) is 1. The predicted octanol–water partition coefficient (Wildman–Crippen LogP) is 3.19. The van der Waals surface area contributed by atoms with Gasteiger partial charge in [0, 0.05) is 41.9 Å². The Morgan fingerprint density at radius 2 is 2.08 bits per heavy atom. The number of carbonyl (C=O) groups excluding carboxylic acids is 1.